The van der Waals surface area contributed by atoms with E-state index in [-0.39, 0.29) is 0 Å². The molecule has 1 rings (SSSR count). The first-order valence-electron chi connectivity index (χ1n) is 4.69. The molecule has 1 nitrogen and oxygen atoms in total. The molecule has 0 aromatic carbocycles. The van der Waals surface area contributed by atoms with Crippen LogP contribution in [0.3, 0.4) is 0 Å². The minimum absolute atomic E-state index is 0.365. The predicted octanol–water partition coefficient (Wildman–Crippen LogP) is 2.52. The van der Waals surface area contributed by atoms with E-state index in [9.17, 15) is 0 Å². The molecular formula is C10H21N. The van der Waals surface area contributed by atoms with Crippen molar-refractivity contribution in [3.63, 3.8) is 0 Å². The van der Waals surface area contributed by atoms with Crippen LogP contribution in [0.5, 0.6) is 0 Å². The highest BCUT2D eigenvalue weighted by atomic mass is 15.2. The summed E-state index contributed by atoms with van der Waals surface area (Å²) >= 11 is 0. The Morgan fingerprint density at radius 1 is 1.18 bits per heavy atom. The fourth-order valence-corrected chi connectivity index (χ4v) is 2.04. The lowest BCUT2D eigenvalue weighted by Gasteiger charge is -2.36. The highest BCUT2D eigenvalue weighted by Gasteiger charge is 2.34. The molecule has 1 fully saturated rings. The molecule has 2 atom stereocenters. The van der Waals surface area contributed by atoms with Gasteiger partial charge in [-0.15, -0.1) is 0 Å². The topological polar surface area (TPSA) is 3.24 Å². The van der Waals surface area contributed by atoms with E-state index in [2.05, 4.69) is 39.5 Å². The van der Waals surface area contributed by atoms with E-state index in [0.717, 1.165) is 12.0 Å². The third-order valence-electron chi connectivity index (χ3n) is 3.00. The van der Waals surface area contributed by atoms with Crippen LogP contribution < -0.4 is 0 Å². The van der Waals surface area contributed by atoms with Gasteiger partial charge < -0.3 is 0 Å². The third kappa shape index (κ3) is 1.76. The van der Waals surface area contributed by atoms with Gasteiger partial charge in [0.05, 0.1) is 0 Å². The average molecular weight is 155 g/mol. The second-order valence-corrected chi connectivity index (χ2v) is 4.87. The lowest BCUT2D eigenvalue weighted by molar-refractivity contribution is 0.120. The number of hydrogen-bond donors (Lipinski definition) is 0. The monoisotopic (exact) mass is 155 g/mol. The zero-order chi connectivity index (χ0) is 8.65. The molecule has 0 radical (unpaired) electrons. The van der Waals surface area contributed by atoms with Crippen molar-refractivity contribution in [3.05, 3.63) is 0 Å². The van der Waals surface area contributed by atoms with Crippen molar-refractivity contribution < 1.29 is 0 Å². The van der Waals surface area contributed by atoms with Crippen LogP contribution in [0.2, 0.25) is 0 Å². The van der Waals surface area contributed by atoms with Crippen LogP contribution >= 0.6 is 0 Å². The highest BCUT2D eigenvalue weighted by molar-refractivity contribution is 4.88. The lowest BCUT2D eigenvalue weighted by Crippen LogP contribution is -2.44. The summed E-state index contributed by atoms with van der Waals surface area (Å²) in [6.07, 6.45) is 1.37. The summed E-state index contributed by atoms with van der Waals surface area (Å²) < 4.78 is 0. The summed E-state index contributed by atoms with van der Waals surface area (Å²) in [5, 5.41) is 0. The maximum Gasteiger partial charge on any atom is 0.0127 e. The second kappa shape index (κ2) is 2.78. The van der Waals surface area contributed by atoms with E-state index < -0.39 is 0 Å². The van der Waals surface area contributed by atoms with Gasteiger partial charge in [0, 0.05) is 11.6 Å². The quantitative estimate of drug-likeness (QED) is 0.519. The lowest BCUT2D eigenvalue weighted by atomic mass is 10.0. The van der Waals surface area contributed by atoms with Crippen molar-refractivity contribution in [1.29, 1.82) is 0 Å². The Bertz CT molecular complexity index is 134. The summed E-state index contributed by atoms with van der Waals surface area (Å²) in [6.45, 7) is 12.9. The van der Waals surface area contributed by atoms with Gasteiger partial charge in [0.15, 0.2) is 0 Å². The minimum atomic E-state index is 0.365. The van der Waals surface area contributed by atoms with Crippen LogP contribution in [-0.4, -0.2) is 23.0 Å². The number of nitrogens with zero attached hydrogens (tertiary/aromatic N) is 1. The normalized spacial score (nSPS) is 34.6. The summed E-state index contributed by atoms with van der Waals surface area (Å²) in [6, 6.07) is 0.773. The Hall–Kier alpha value is -0.0400. The van der Waals surface area contributed by atoms with E-state index in [0.29, 0.717) is 5.54 Å². The van der Waals surface area contributed by atoms with Crippen molar-refractivity contribution in [2.75, 3.05) is 6.54 Å². The van der Waals surface area contributed by atoms with Gasteiger partial charge in [-0.3, -0.25) is 4.90 Å². The van der Waals surface area contributed by atoms with E-state index in [1.54, 1.807) is 0 Å². The number of rotatable bonds is 0. The van der Waals surface area contributed by atoms with Gasteiger partial charge in [-0.25, -0.2) is 0 Å². The highest BCUT2D eigenvalue weighted by Crippen LogP contribution is 2.29. The predicted molar refractivity (Wildman–Crippen MR) is 49.7 cm³/mol. The molecule has 0 amide bonds. The molecule has 1 heterocycles. The summed E-state index contributed by atoms with van der Waals surface area (Å²) in [7, 11) is 0. The molecule has 1 saturated heterocycles. The van der Waals surface area contributed by atoms with Crippen molar-refractivity contribution in [2.24, 2.45) is 5.92 Å². The van der Waals surface area contributed by atoms with Gasteiger partial charge >= 0.3 is 0 Å². The van der Waals surface area contributed by atoms with Crippen molar-refractivity contribution in [1.82, 2.24) is 4.90 Å². The molecule has 11 heavy (non-hydrogen) atoms. The van der Waals surface area contributed by atoms with E-state index in [1.165, 1.54) is 13.0 Å². The first-order chi connectivity index (χ1) is 4.93. The third-order valence-corrected chi connectivity index (χ3v) is 3.00. The molecule has 66 valence electrons. The Morgan fingerprint density at radius 2 is 1.73 bits per heavy atom. The summed E-state index contributed by atoms with van der Waals surface area (Å²) in [5.74, 6) is 0.884. The molecule has 0 N–H and O–H groups in total. The largest absolute Gasteiger partial charge is 0.296 e. The van der Waals surface area contributed by atoms with Crippen LogP contribution in [0.4, 0.5) is 0 Å². The fraction of sp³-hybridized carbons (Fsp3) is 1.00. The maximum absolute atomic E-state index is 2.61. The standard InChI is InChI=1S/C10H21N/c1-8-6-7-11(9(8)2)10(3,4)5/h8-9H,6-7H2,1-5H3/t8?,9-/m1/s1. The van der Waals surface area contributed by atoms with Gasteiger partial charge in [-0.1, -0.05) is 6.92 Å². The van der Waals surface area contributed by atoms with Crippen LogP contribution in [-0.2, 0) is 0 Å². The second-order valence-electron chi connectivity index (χ2n) is 4.87. The van der Waals surface area contributed by atoms with Crippen LogP contribution in [0, 0.1) is 5.92 Å². The molecule has 0 saturated carbocycles. The van der Waals surface area contributed by atoms with Crippen LogP contribution in [0.1, 0.15) is 41.0 Å². The van der Waals surface area contributed by atoms with Gasteiger partial charge in [0.1, 0.15) is 0 Å². The zero-order valence-corrected chi connectivity index (χ0v) is 8.52. The zero-order valence-electron chi connectivity index (χ0n) is 8.52. The fourth-order valence-electron chi connectivity index (χ4n) is 2.04. The van der Waals surface area contributed by atoms with Crippen LogP contribution in [0.25, 0.3) is 0 Å². The Labute approximate surface area is 70.8 Å². The molecule has 0 bridgehead atoms. The molecule has 0 spiro atoms. The summed E-state index contributed by atoms with van der Waals surface area (Å²) in [5.41, 5.74) is 0.365. The van der Waals surface area contributed by atoms with Crippen molar-refractivity contribution in [3.8, 4) is 0 Å². The van der Waals surface area contributed by atoms with E-state index >= 15 is 0 Å². The average Bonchev–Trinajstić information content (AvgIpc) is 2.11. The molecule has 1 aliphatic rings. The molecular weight excluding hydrogens is 134 g/mol. The molecule has 0 aromatic heterocycles. The van der Waals surface area contributed by atoms with Crippen molar-refractivity contribution >= 4 is 0 Å². The van der Waals surface area contributed by atoms with Gasteiger partial charge in [-0.2, -0.15) is 0 Å². The number of hydrogen-bond acceptors (Lipinski definition) is 1. The molecule has 1 heteroatoms. The van der Waals surface area contributed by atoms with Crippen LogP contribution in [0.15, 0.2) is 0 Å². The van der Waals surface area contributed by atoms with Gasteiger partial charge in [0.2, 0.25) is 0 Å². The van der Waals surface area contributed by atoms with Crippen molar-refractivity contribution in [2.45, 2.75) is 52.6 Å². The SMILES string of the molecule is CC1CCN(C(C)(C)C)[C@@H]1C. The maximum atomic E-state index is 2.61. The van der Waals surface area contributed by atoms with Gasteiger partial charge in [-0.05, 0) is 46.6 Å². The molecule has 1 unspecified atom stereocenters. The molecule has 0 aromatic rings. The summed E-state index contributed by atoms with van der Waals surface area (Å²) in [4.78, 5) is 2.61. The molecule has 1 aliphatic heterocycles. The van der Waals surface area contributed by atoms with E-state index in [4.69, 9.17) is 0 Å². The first kappa shape index (κ1) is 9.05. The van der Waals surface area contributed by atoms with E-state index in [1.807, 2.05) is 0 Å². The first-order valence-corrected chi connectivity index (χ1v) is 4.69. The Balaban J connectivity index is 2.62. The molecule has 0 aliphatic carbocycles. The Morgan fingerprint density at radius 3 is 1.91 bits per heavy atom. The smallest absolute Gasteiger partial charge is 0.0127 e. The number of likely N-dealkylation sites (tertiary alicyclic amines) is 1. The minimum Gasteiger partial charge on any atom is -0.296 e. The van der Waals surface area contributed by atoms with Gasteiger partial charge in [0.25, 0.3) is 0 Å². The Kier molecular flexibility index (Phi) is 2.29.